The lowest BCUT2D eigenvalue weighted by Crippen LogP contribution is -2.15. The van der Waals surface area contributed by atoms with Gasteiger partial charge in [-0.25, -0.2) is 0 Å². The second kappa shape index (κ2) is 5.66. The lowest BCUT2D eigenvalue weighted by molar-refractivity contribution is 0.0976. The number of carbonyl (C=O) groups excluding carboxylic acids is 1. The molecule has 1 aromatic heterocycles. The molecule has 1 heterocycles. The lowest BCUT2D eigenvalue weighted by atomic mass is 9.89. The summed E-state index contributed by atoms with van der Waals surface area (Å²) < 4.78 is 0. The van der Waals surface area contributed by atoms with Gasteiger partial charge >= 0.3 is 0 Å². The fourth-order valence-corrected chi connectivity index (χ4v) is 2.52. The Hall–Kier alpha value is -2.47. The Morgan fingerprint density at radius 3 is 2.35 bits per heavy atom. The number of benzene rings is 1. The first-order chi connectivity index (χ1) is 9.54. The monoisotopic (exact) mass is 264 g/mol. The molecule has 3 heteroatoms. The molecule has 0 fully saturated rings. The van der Waals surface area contributed by atoms with Crippen LogP contribution in [-0.2, 0) is 0 Å². The van der Waals surface area contributed by atoms with E-state index in [1.54, 1.807) is 24.4 Å². The smallest absolute Gasteiger partial charge is 0.186 e. The van der Waals surface area contributed by atoms with E-state index < -0.39 is 5.92 Å². The van der Waals surface area contributed by atoms with Crippen LogP contribution in [0.15, 0.2) is 36.5 Å². The van der Waals surface area contributed by atoms with Crippen molar-refractivity contribution < 1.29 is 4.79 Å². The predicted molar refractivity (Wildman–Crippen MR) is 77.6 cm³/mol. The Labute approximate surface area is 118 Å². The number of nitriles is 1. The topological polar surface area (TPSA) is 53.8 Å². The summed E-state index contributed by atoms with van der Waals surface area (Å²) >= 11 is 0. The molecule has 20 heavy (non-hydrogen) atoms. The normalized spacial score (nSPS) is 11.7. The van der Waals surface area contributed by atoms with E-state index in [0.717, 1.165) is 16.7 Å². The first-order valence-electron chi connectivity index (χ1n) is 6.47. The van der Waals surface area contributed by atoms with Crippen molar-refractivity contribution in [1.29, 1.82) is 5.26 Å². The van der Waals surface area contributed by atoms with E-state index >= 15 is 0 Å². The fourth-order valence-electron chi connectivity index (χ4n) is 2.52. The largest absolute Gasteiger partial charge is 0.292 e. The maximum atomic E-state index is 12.7. The van der Waals surface area contributed by atoms with Crippen LogP contribution in [0.2, 0.25) is 0 Å². The number of Topliss-reactive ketones (excluding diaryl/α,β-unsaturated/α-hetero) is 1. The molecule has 0 saturated carbocycles. The van der Waals surface area contributed by atoms with Gasteiger partial charge in [0.2, 0.25) is 0 Å². The van der Waals surface area contributed by atoms with Crippen LogP contribution >= 0.6 is 0 Å². The molecule has 0 bridgehead atoms. The van der Waals surface area contributed by atoms with E-state index in [-0.39, 0.29) is 5.78 Å². The van der Waals surface area contributed by atoms with E-state index in [1.165, 1.54) is 0 Å². The minimum Gasteiger partial charge on any atom is -0.292 e. The zero-order chi connectivity index (χ0) is 14.7. The summed E-state index contributed by atoms with van der Waals surface area (Å²) in [5.41, 5.74) is 4.06. The third-order valence-corrected chi connectivity index (χ3v) is 3.30. The van der Waals surface area contributed by atoms with Crippen molar-refractivity contribution in [1.82, 2.24) is 4.98 Å². The molecular formula is C17H16N2O. The quantitative estimate of drug-likeness (QED) is 0.797. The highest BCUT2D eigenvalue weighted by Crippen LogP contribution is 2.24. The molecule has 3 nitrogen and oxygen atoms in total. The number of hydrogen-bond acceptors (Lipinski definition) is 3. The maximum Gasteiger partial charge on any atom is 0.186 e. The number of pyridine rings is 1. The van der Waals surface area contributed by atoms with Crippen molar-refractivity contribution in [3.05, 3.63) is 64.5 Å². The number of rotatable bonds is 3. The third kappa shape index (κ3) is 2.60. The van der Waals surface area contributed by atoms with Gasteiger partial charge in [-0.2, -0.15) is 5.26 Å². The summed E-state index contributed by atoms with van der Waals surface area (Å²) in [7, 11) is 0. The average molecular weight is 264 g/mol. The summed E-state index contributed by atoms with van der Waals surface area (Å²) in [4.78, 5) is 16.8. The molecule has 1 atom stereocenters. The van der Waals surface area contributed by atoms with Crippen LogP contribution < -0.4 is 0 Å². The Morgan fingerprint density at radius 2 is 1.85 bits per heavy atom. The highest BCUT2D eigenvalue weighted by atomic mass is 16.1. The maximum absolute atomic E-state index is 12.7. The first-order valence-corrected chi connectivity index (χ1v) is 6.47. The van der Waals surface area contributed by atoms with E-state index in [9.17, 15) is 10.1 Å². The Morgan fingerprint density at radius 1 is 1.20 bits per heavy atom. The van der Waals surface area contributed by atoms with Gasteiger partial charge in [0.15, 0.2) is 11.7 Å². The van der Waals surface area contributed by atoms with Crippen LogP contribution in [0.3, 0.4) is 0 Å². The lowest BCUT2D eigenvalue weighted by Gasteiger charge is -2.13. The summed E-state index contributed by atoms with van der Waals surface area (Å²) in [5, 5.41) is 9.34. The van der Waals surface area contributed by atoms with Gasteiger partial charge in [0.05, 0.1) is 11.8 Å². The van der Waals surface area contributed by atoms with E-state index in [4.69, 9.17) is 0 Å². The van der Waals surface area contributed by atoms with E-state index in [0.29, 0.717) is 11.3 Å². The molecular weight excluding hydrogens is 248 g/mol. The van der Waals surface area contributed by atoms with E-state index in [1.807, 2.05) is 32.9 Å². The molecule has 0 saturated heterocycles. The standard InChI is InChI=1S/C17H16N2O/c1-11-8-12(2)16(13(3)9-11)17(20)14(10-18)15-6-4-5-7-19-15/h4-9,14H,1-3H3. The van der Waals surface area contributed by atoms with Crippen LogP contribution in [0.25, 0.3) is 0 Å². The van der Waals surface area contributed by atoms with Crippen molar-refractivity contribution in [3.8, 4) is 6.07 Å². The summed E-state index contributed by atoms with van der Waals surface area (Å²) in [5.74, 6) is -1.03. The zero-order valence-corrected chi connectivity index (χ0v) is 11.8. The second-order valence-corrected chi connectivity index (χ2v) is 4.95. The number of nitrogens with zero attached hydrogens (tertiary/aromatic N) is 2. The van der Waals surface area contributed by atoms with Crippen LogP contribution in [0.1, 0.15) is 38.7 Å². The molecule has 0 aliphatic rings. The molecule has 2 rings (SSSR count). The molecule has 1 aromatic carbocycles. The van der Waals surface area contributed by atoms with Crippen LogP contribution in [0, 0.1) is 32.1 Å². The van der Waals surface area contributed by atoms with Crippen molar-refractivity contribution in [2.24, 2.45) is 0 Å². The number of carbonyl (C=O) groups is 1. The Balaban J connectivity index is 2.48. The van der Waals surface area contributed by atoms with Gasteiger partial charge in [-0.1, -0.05) is 23.8 Å². The minimum atomic E-state index is -0.851. The van der Waals surface area contributed by atoms with Gasteiger partial charge in [-0.15, -0.1) is 0 Å². The highest BCUT2D eigenvalue weighted by Gasteiger charge is 2.25. The number of hydrogen-bond donors (Lipinski definition) is 0. The van der Waals surface area contributed by atoms with Gasteiger partial charge in [0.25, 0.3) is 0 Å². The molecule has 0 N–H and O–H groups in total. The predicted octanol–water partition coefficient (Wildman–Crippen LogP) is 3.50. The van der Waals surface area contributed by atoms with Crippen LogP contribution in [-0.4, -0.2) is 10.8 Å². The second-order valence-electron chi connectivity index (χ2n) is 4.95. The van der Waals surface area contributed by atoms with Gasteiger partial charge in [0.1, 0.15) is 0 Å². The summed E-state index contributed by atoms with van der Waals surface area (Å²) in [6, 6.07) is 11.3. The van der Waals surface area contributed by atoms with Crippen molar-refractivity contribution in [2.45, 2.75) is 26.7 Å². The van der Waals surface area contributed by atoms with Gasteiger partial charge in [-0.3, -0.25) is 9.78 Å². The Kier molecular flexibility index (Phi) is 3.95. The Bertz CT molecular complexity index is 661. The molecule has 2 aromatic rings. The number of aryl methyl sites for hydroxylation is 3. The molecule has 0 spiro atoms. The number of aromatic nitrogens is 1. The first kappa shape index (κ1) is 14.0. The van der Waals surface area contributed by atoms with Crippen LogP contribution in [0.4, 0.5) is 0 Å². The van der Waals surface area contributed by atoms with Gasteiger partial charge < -0.3 is 0 Å². The summed E-state index contributed by atoms with van der Waals surface area (Å²) in [6.07, 6.45) is 1.60. The van der Waals surface area contributed by atoms with Crippen molar-refractivity contribution in [2.75, 3.05) is 0 Å². The average Bonchev–Trinajstić information content (AvgIpc) is 2.39. The SMILES string of the molecule is Cc1cc(C)c(C(=O)C(C#N)c2ccccn2)c(C)c1. The molecule has 0 aliphatic heterocycles. The minimum absolute atomic E-state index is 0.179. The molecule has 100 valence electrons. The van der Waals surface area contributed by atoms with E-state index in [2.05, 4.69) is 11.1 Å². The molecule has 0 aliphatic carbocycles. The highest BCUT2D eigenvalue weighted by molar-refractivity contribution is 6.04. The van der Waals surface area contributed by atoms with Crippen molar-refractivity contribution >= 4 is 5.78 Å². The molecule has 1 unspecified atom stereocenters. The summed E-state index contributed by atoms with van der Waals surface area (Å²) in [6.45, 7) is 5.80. The molecule has 0 amide bonds. The van der Waals surface area contributed by atoms with Crippen molar-refractivity contribution in [3.63, 3.8) is 0 Å². The zero-order valence-electron chi connectivity index (χ0n) is 11.8. The number of ketones is 1. The molecule has 0 radical (unpaired) electrons. The van der Waals surface area contributed by atoms with Crippen LogP contribution in [0.5, 0.6) is 0 Å². The third-order valence-electron chi connectivity index (χ3n) is 3.30. The van der Waals surface area contributed by atoms with Gasteiger partial charge in [0, 0.05) is 11.8 Å². The fraction of sp³-hybridized carbons (Fsp3) is 0.235. The van der Waals surface area contributed by atoms with Gasteiger partial charge in [-0.05, 0) is 44.0 Å².